The lowest BCUT2D eigenvalue weighted by Crippen LogP contribution is -2.39. The van der Waals surface area contributed by atoms with E-state index in [1.807, 2.05) is 84.9 Å². The number of nitrogens with zero attached hydrogens (tertiary/aromatic N) is 6. The molecule has 14 heteroatoms. The normalized spacial score (nSPS) is 11.4. The van der Waals surface area contributed by atoms with E-state index in [-0.39, 0.29) is 11.9 Å². The average Bonchev–Trinajstić information content (AvgIpc) is 3.29. The van der Waals surface area contributed by atoms with Gasteiger partial charge in [0.05, 0.1) is 25.6 Å². The number of carbonyl (C=O) groups excluding carboxylic acids is 2. The molecule has 14 nitrogen and oxygen atoms in total. The summed E-state index contributed by atoms with van der Waals surface area (Å²) in [6.07, 6.45) is 3.08. The summed E-state index contributed by atoms with van der Waals surface area (Å²) in [5, 5.41) is 8.75. The quantitative estimate of drug-likeness (QED) is 0.0541. The van der Waals surface area contributed by atoms with E-state index in [4.69, 9.17) is 29.1 Å². The maximum atomic E-state index is 13.4. The van der Waals surface area contributed by atoms with Crippen molar-refractivity contribution < 1.29 is 28.7 Å². The van der Waals surface area contributed by atoms with E-state index in [1.165, 1.54) is 10.1 Å². The molecular weight excluding hydrogens is 761 g/mol. The molecule has 0 atom stereocenters. The molecule has 2 heterocycles. The van der Waals surface area contributed by atoms with E-state index >= 15 is 0 Å². The number of aromatic nitrogens is 2. The van der Waals surface area contributed by atoms with Crippen molar-refractivity contribution in [3.63, 3.8) is 0 Å². The zero-order valence-corrected chi connectivity index (χ0v) is 33.6. The number of hydrogen-bond donors (Lipinski definition) is 2. The third kappa shape index (κ3) is 11.8. The van der Waals surface area contributed by atoms with Gasteiger partial charge in [-0.1, -0.05) is 72.8 Å². The van der Waals surface area contributed by atoms with Gasteiger partial charge < -0.3 is 29.8 Å². The molecule has 6 rings (SSSR count). The first-order chi connectivity index (χ1) is 29.3. The van der Waals surface area contributed by atoms with Gasteiger partial charge in [0.2, 0.25) is 11.9 Å². The van der Waals surface area contributed by atoms with Gasteiger partial charge in [0, 0.05) is 50.5 Å². The van der Waals surface area contributed by atoms with Crippen molar-refractivity contribution in [2.24, 2.45) is 9.98 Å². The number of para-hydroxylation sites is 2. The van der Waals surface area contributed by atoms with Crippen LogP contribution in [0.15, 0.2) is 168 Å². The first-order valence-electron chi connectivity index (χ1n) is 18.8. The number of anilines is 4. The minimum absolute atomic E-state index is 0.159. The number of benzene rings is 4. The average molecular weight is 805 g/mol. The fourth-order valence-electron chi connectivity index (χ4n) is 5.76. The number of guanidine groups is 2. The maximum Gasteiger partial charge on any atom is 0.356 e. The molecule has 0 radical (unpaired) electrons. The Kier molecular flexibility index (Phi) is 14.5. The number of ether oxygens (including phenoxy) is 2. The first-order valence-corrected chi connectivity index (χ1v) is 18.8. The van der Waals surface area contributed by atoms with E-state index in [1.54, 1.807) is 89.0 Å². The maximum absolute atomic E-state index is 13.4. The summed E-state index contributed by atoms with van der Waals surface area (Å²) in [5.41, 5.74) is 4.68. The molecule has 0 bridgehead atoms. The van der Waals surface area contributed by atoms with Crippen molar-refractivity contribution in [3.05, 3.63) is 180 Å². The lowest BCUT2D eigenvalue weighted by molar-refractivity contribution is -0.140. The molecule has 0 unspecified atom stereocenters. The molecule has 0 aliphatic rings. The Morgan fingerprint density at radius 2 is 0.917 bits per heavy atom. The van der Waals surface area contributed by atoms with Gasteiger partial charge in [-0.25, -0.2) is 19.6 Å². The highest BCUT2D eigenvalue weighted by Crippen LogP contribution is 2.21. The highest BCUT2D eigenvalue weighted by atomic mass is 16.7. The number of methoxy groups -OCH3 is 2. The molecule has 0 fully saturated rings. The number of pyridine rings is 2. The Morgan fingerprint density at radius 1 is 0.533 bits per heavy atom. The molecule has 0 saturated heterocycles. The zero-order chi connectivity index (χ0) is 42.1. The molecule has 0 saturated carbocycles. The Morgan fingerprint density at radius 3 is 1.27 bits per heavy atom. The molecular formula is C46H44N8O6. The fourth-order valence-corrected chi connectivity index (χ4v) is 5.76. The Bertz CT molecular complexity index is 2260. The molecule has 60 heavy (non-hydrogen) atoms. The Balaban J connectivity index is 1.14. The second-order valence-corrected chi connectivity index (χ2v) is 12.8. The van der Waals surface area contributed by atoms with Gasteiger partial charge in [-0.15, -0.1) is 10.1 Å². The monoisotopic (exact) mass is 804 g/mol. The fraction of sp³-hybridized carbons (Fsp3) is 0.130. The topological polar surface area (TPSA) is 152 Å². The van der Waals surface area contributed by atoms with E-state index in [2.05, 4.69) is 20.6 Å². The third-order valence-electron chi connectivity index (χ3n) is 8.69. The predicted octanol–water partition coefficient (Wildman–Crippen LogP) is 7.66. The third-order valence-corrected chi connectivity index (χ3v) is 8.69. The number of aliphatic imine (C=N–C) groups is 2. The number of hydrogen-bond acceptors (Lipinski definition) is 10. The van der Waals surface area contributed by atoms with Crippen LogP contribution in [0.3, 0.4) is 0 Å². The summed E-state index contributed by atoms with van der Waals surface area (Å²) in [7, 11) is 6.35. The van der Waals surface area contributed by atoms with Gasteiger partial charge in [-0.2, -0.15) is 0 Å². The minimum Gasteiger partial charge on any atom is -0.497 e. The zero-order valence-electron chi connectivity index (χ0n) is 33.6. The predicted molar refractivity (Wildman–Crippen MR) is 233 cm³/mol. The highest BCUT2D eigenvalue weighted by Gasteiger charge is 2.22. The second-order valence-electron chi connectivity index (χ2n) is 12.8. The van der Waals surface area contributed by atoms with E-state index in [0.717, 1.165) is 46.2 Å². The van der Waals surface area contributed by atoms with Gasteiger partial charge in [-0.05, 0) is 83.9 Å². The molecule has 304 valence electrons. The van der Waals surface area contributed by atoms with Crippen LogP contribution in [-0.4, -0.2) is 62.1 Å². The van der Waals surface area contributed by atoms with Gasteiger partial charge >= 0.3 is 11.9 Å². The lowest BCUT2D eigenvalue weighted by atomic mass is 10.1. The summed E-state index contributed by atoms with van der Waals surface area (Å²) < 4.78 is 10.5. The van der Waals surface area contributed by atoms with Crippen LogP contribution in [-0.2, 0) is 32.1 Å². The van der Waals surface area contributed by atoms with Gasteiger partial charge in [0.15, 0.2) is 0 Å². The van der Waals surface area contributed by atoms with Crippen LogP contribution in [0.4, 0.5) is 23.0 Å². The second kappa shape index (κ2) is 21.0. The molecule has 2 aromatic heterocycles. The van der Waals surface area contributed by atoms with Crippen LogP contribution in [0.1, 0.15) is 22.5 Å². The molecule has 6 aromatic rings. The number of carbonyl (C=O) groups is 2. The SMILES string of the molecule is CN=C(Nc1cccc(Cc2ccc(OC)cc2)n1)N(OC(=O)/C=C\C(=O)ON(C(=NC)Nc1cccc(Cc2ccc(OC)cc2)n1)c1ccccc1)c1ccccc1. The molecule has 0 amide bonds. The van der Waals surface area contributed by atoms with Crippen LogP contribution < -0.4 is 30.2 Å². The van der Waals surface area contributed by atoms with Crippen molar-refractivity contribution in [2.75, 3.05) is 49.1 Å². The van der Waals surface area contributed by atoms with Gasteiger partial charge in [0.1, 0.15) is 23.1 Å². The molecule has 0 aliphatic carbocycles. The van der Waals surface area contributed by atoms with Crippen LogP contribution in [0.25, 0.3) is 0 Å². The molecule has 0 aliphatic heterocycles. The number of nitrogens with one attached hydrogen (secondary N) is 2. The minimum atomic E-state index is -0.883. The van der Waals surface area contributed by atoms with E-state index < -0.39 is 11.9 Å². The lowest BCUT2D eigenvalue weighted by Gasteiger charge is -2.24. The summed E-state index contributed by atoms with van der Waals surface area (Å²) in [6.45, 7) is 0. The van der Waals surface area contributed by atoms with Crippen molar-refractivity contribution >= 4 is 46.9 Å². The molecule has 4 aromatic carbocycles. The highest BCUT2D eigenvalue weighted by molar-refractivity contribution is 6.06. The summed E-state index contributed by atoms with van der Waals surface area (Å²) in [4.78, 5) is 56.5. The van der Waals surface area contributed by atoms with Crippen LogP contribution >= 0.6 is 0 Å². The van der Waals surface area contributed by atoms with E-state index in [0.29, 0.717) is 35.9 Å². The van der Waals surface area contributed by atoms with Crippen molar-refractivity contribution in [1.82, 2.24) is 9.97 Å². The summed E-state index contributed by atoms with van der Waals surface area (Å²) >= 11 is 0. The van der Waals surface area contributed by atoms with Crippen LogP contribution in [0.2, 0.25) is 0 Å². The largest absolute Gasteiger partial charge is 0.497 e. The van der Waals surface area contributed by atoms with Gasteiger partial charge in [0.25, 0.3) is 0 Å². The molecule has 0 spiro atoms. The Labute approximate surface area is 348 Å². The summed E-state index contributed by atoms with van der Waals surface area (Å²) in [5.74, 6) is 1.04. The number of rotatable bonds is 12. The number of hydroxylamine groups is 2. The smallest absolute Gasteiger partial charge is 0.356 e. The first kappa shape index (κ1) is 41.6. The standard InChI is InChI=1S/C46H44N8O6/c1-47-45(51-41-19-11-13-35(49-41)31-33-21-25-39(57-3)26-22-33)53(37-15-7-5-8-16-37)59-43(55)29-30-44(56)60-54(38-17-9-6-10-18-38)46(48-2)52-42-20-12-14-36(50-42)32-34-23-27-40(58-4)28-24-34/h5-30H,31-32H2,1-4H3,(H,47,49,51)(H,48,50,52)/b30-29-. The van der Waals surface area contributed by atoms with Crippen LogP contribution in [0.5, 0.6) is 11.5 Å². The van der Waals surface area contributed by atoms with Crippen LogP contribution in [0, 0.1) is 0 Å². The Hall–Kier alpha value is -8.00. The summed E-state index contributed by atoms with van der Waals surface area (Å²) in [6, 6.07) is 44.4. The molecule has 2 N–H and O–H groups in total. The van der Waals surface area contributed by atoms with Crippen molar-refractivity contribution in [3.8, 4) is 11.5 Å². The van der Waals surface area contributed by atoms with Gasteiger partial charge in [-0.3, -0.25) is 9.98 Å². The van der Waals surface area contributed by atoms with Crippen molar-refractivity contribution in [1.29, 1.82) is 0 Å². The van der Waals surface area contributed by atoms with E-state index in [9.17, 15) is 9.59 Å². The van der Waals surface area contributed by atoms with Crippen molar-refractivity contribution in [2.45, 2.75) is 12.8 Å².